The zero-order chi connectivity index (χ0) is 22.0. The van der Waals surface area contributed by atoms with Gasteiger partial charge in [-0.25, -0.2) is 5.06 Å². The third-order valence-corrected chi connectivity index (χ3v) is 5.03. The molecule has 0 aliphatic rings. The minimum atomic E-state index is -0.415. The highest BCUT2D eigenvalue weighted by molar-refractivity contribution is 5.98. The van der Waals surface area contributed by atoms with E-state index in [4.69, 9.17) is 4.84 Å². The van der Waals surface area contributed by atoms with Crippen molar-refractivity contribution in [2.24, 2.45) is 0 Å². The Kier molecular flexibility index (Phi) is 10.5. The van der Waals surface area contributed by atoms with Gasteiger partial charge in [-0.3, -0.25) is 9.63 Å². The minimum Gasteiger partial charge on any atom is -0.508 e. The lowest BCUT2D eigenvalue weighted by Gasteiger charge is -2.20. The number of nitrogens with zero attached hydrogens (tertiary/aromatic N) is 1. The first-order chi connectivity index (χ1) is 13.7. The number of allylic oxidation sites excluding steroid dienone is 4. The summed E-state index contributed by atoms with van der Waals surface area (Å²) in [7, 11) is 2.92. The maximum atomic E-state index is 12.8. The van der Waals surface area contributed by atoms with E-state index in [1.165, 1.54) is 25.3 Å². The number of amides is 1. The molecule has 1 rings (SSSR count). The Morgan fingerprint density at radius 3 is 2.45 bits per heavy atom. The van der Waals surface area contributed by atoms with Crippen LogP contribution in [0.1, 0.15) is 81.3 Å². The number of rotatable bonds is 11. The van der Waals surface area contributed by atoms with Crippen LogP contribution in [0.4, 0.5) is 0 Å². The average molecular weight is 404 g/mol. The van der Waals surface area contributed by atoms with Gasteiger partial charge >= 0.3 is 0 Å². The molecule has 0 bridgehead atoms. The van der Waals surface area contributed by atoms with Gasteiger partial charge in [-0.05, 0) is 64.5 Å². The van der Waals surface area contributed by atoms with Gasteiger partial charge in [0.2, 0.25) is 0 Å². The molecule has 162 valence electrons. The number of hydrogen-bond acceptors (Lipinski definition) is 4. The molecule has 0 saturated heterocycles. The van der Waals surface area contributed by atoms with Crippen LogP contribution in [0.2, 0.25) is 0 Å². The van der Waals surface area contributed by atoms with Crippen molar-refractivity contribution in [2.75, 3.05) is 14.2 Å². The maximum absolute atomic E-state index is 12.8. The van der Waals surface area contributed by atoms with Gasteiger partial charge in [-0.2, -0.15) is 0 Å². The third kappa shape index (κ3) is 7.58. The number of aryl methyl sites for hydroxylation is 1. The second kappa shape index (κ2) is 12.3. The van der Waals surface area contributed by atoms with E-state index < -0.39 is 5.91 Å². The number of carbonyl (C=O) groups is 1. The highest BCUT2D eigenvalue weighted by Crippen LogP contribution is 2.36. The minimum absolute atomic E-state index is 0.0268. The molecule has 1 amide bonds. The molecule has 5 nitrogen and oxygen atoms in total. The number of aromatic hydroxyl groups is 2. The Balaban J connectivity index is 3.21. The van der Waals surface area contributed by atoms with E-state index in [1.807, 2.05) is 13.0 Å². The summed E-state index contributed by atoms with van der Waals surface area (Å²) in [6, 6.07) is 1.62. The van der Waals surface area contributed by atoms with Crippen molar-refractivity contribution in [1.82, 2.24) is 5.06 Å². The summed E-state index contributed by atoms with van der Waals surface area (Å²) in [6.45, 7) is 8.30. The second-order valence-corrected chi connectivity index (χ2v) is 7.77. The van der Waals surface area contributed by atoms with Crippen LogP contribution in [0.15, 0.2) is 29.4 Å². The molecular formula is C24H37NO4. The number of hydroxylamine groups is 2. The standard InChI is InChI=1S/C24H37NO4/c1-7-8-9-13-19-16-21(26)20(15-14-18(4)12-10-11-17(2)3)23(27)22(19)24(28)25(5)29-6/h11,14,16,26-27H,7-10,12-13,15H2,1-6H3. The van der Waals surface area contributed by atoms with Gasteiger partial charge in [0.15, 0.2) is 0 Å². The predicted octanol–water partition coefficient (Wildman–Crippen LogP) is 5.70. The Labute approximate surface area is 175 Å². The topological polar surface area (TPSA) is 70.0 Å². The number of phenolic OH excluding ortho intramolecular Hbond substituents is 2. The van der Waals surface area contributed by atoms with Crippen molar-refractivity contribution in [3.8, 4) is 11.5 Å². The normalized spacial score (nSPS) is 11.4. The smallest absolute Gasteiger partial charge is 0.281 e. The van der Waals surface area contributed by atoms with Crippen LogP contribution < -0.4 is 0 Å². The average Bonchev–Trinajstić information content (AvgIpc) is 2.66. The van der Waals surface area contributed by atoms with E-state index in [0.717, 1.165) is 37.2 Å². The fourth-order valence-corrected chi connectivity index (χ4v) is 3.16. The van der Waals surface area contributed by atoms with E-state index in [0.29, 0.717) is 24.0 Å². The van der Waals surface area contributed by atoms with Crippen molar-refractivity contribution in [1.29, 1.82) is 0 Å². The van der Waals surface area contributed by atoms with E-state index >= 15 is 0 Å². The van der Waals surface area contributed by atoms with Gasteiger partial charge < -0.3 is 10.2 Å². The Morgan fingerprint density at radius 1 is 1.17 bits per heavy atom. The lowest BCUT2D eigenvalue weighted by Crippen LogP contribution is -2.26. The van der Waals surface area contributed by atoms with E-state index in [-0.39, 0.29) is 17.1 Å². The number of unbranched alkanes of at least 4 members (excludes halogenated alkanes) is 2. The molecule has 0 atom stereocenters. The first kappa shape index (κ1) is 24.8. The first-order valence-corrected chi connectivity index (χ1v) is 10.4. The summed E-state index contributed by atoms with van der Waals surface area (Å²) in [5.41, 5.74) is 3.70. The van der Waals surface area contributed by atoms with Crippen molar-refractivity contribution in [3.05, 3.63) is 46.1 Å². The Morgan fingerprint density at radius 2 is 1.86 bits per heavy atom. The molecule has 0 fully saturated rings. The highest BCUT2D eigenvalue weighted by Gasteiger charge is 2.24. The van der Waals surface area contributed by atoms with Crippen molar-refractivity contribution < 1.29 is 19.8 Å². The van der Waals surface area contributed by atoms with Crippen LogP contribution in [0.3, 0.4) is 0 Å². The van der Waals surface area contributed by atoms with Crippen LogP contribution in [0.5, 0.6) is 11.5 Å². The number of carbonyl (C=O) groups excluding carboxylic acids is 1. The predicted molar refractivity (Wildman–Crippen MR) is 118 cm³/mol. The van der Waals surface area contributed by atoms with Crippen molar-refractivity contribution in [3.63, 3.8) is 0 Å². The number of hydrogen-bond donors (Lipinski definition) is 2. The van der Waals surface area contributed by atoms with Gasteiger partial charge in [0.25, 0.3) is 5.91 Å². The monoisotopic (exact) mass is 403 g/mol. The van der Waals surface area contributed by atoms with Gasteiger partial charge in [-0.1, -0.05) is 43.1 Å². The molecule has 0 unspecified atom stereocenters. The van der Waals surface area contributed by atoms with Crippen LogP contribution in [0, 0.1) is 0 Å². The van der Waals surface area contributed by atoms with E-state index in [2.05, 4.69) is 26.8 Å². The molecule has 2 N–H and O–H groups in total. The molecule has 0 aliphatic heterocycles. The summed E-state index contributed by atoms with van der Waals surface area (Å²) in [5.74, 6) is -0.542. The maximum Gasteiger partial charge on any atom is 0.281 e. The Bertz CT molecular complexity index is 746. The fourth-order valence-electron chi connectivity index (χ4n) is 3.16. The van der Waals surface area contributed by atoms with Gasteiger partial charge in [0.05, 0.1) is 12.7 Å². The summed E-state index contributed by atoms with van der Waals surface area (Å²) < 4.78 is 0. The fraction of sp³-hybridized carbons (Fsp3) is 0.542. The lowest BCUT2D eigenvalue weighted by molar-refractivity contribution is -0.0759. The van der Waals surface area contributed by atoms with Gasteiger partial charge in [-0.15, -0.1) is 0 Å². The molecule has 0 spiro atoms. The lowest BCUT2D eigenvalue weighted by atomic mass is 9.94. The van der Waals surface area contributed by atoms with E-state index in [9.17, 15) is 15.0 Å². The van der Waals surface area contributed by atoms with Gasteiger partial charge in [0.1, 0.15) is 11.5 Å². The molecule has 0 heterocycles. The van der Waals surface area contributed by atoms with Crippen LogP contribution >= 0.6 is 0 Å². The largest absolute Gasteiger partial charge is 0.508 e. The molecular weight excluding hydrogens is 366 g/mol. The quantitative estimate of drug-likeness (QED) is 0.282. The highest BCUT2D eigenvalue weighted by atomic mass is 16.7. The van der Waals surface area contributed by atoms with Crippen LogP contribution in [-0.4, -0.2) is 35.3 Å². The molecule has 1 aromatic carbocycles. The summed E-state index contributed by atoms with van der Waals surface area (Å²) in [6.07, 6.45) is 10.00. The Hall–Kier alpha value is -2.27. The summed E-state index contributed by atoms with van der Waals surface area (Å²) in [4.78, 5) is 17.8. The third-order valence-electron chi connectivity index (χ3n) is 5.03. The number of phenols is 2. The van der Waals surface area contributed by atoms with Crippen LogP contribution in [0.25, 0.3) is 0 Å². The molecule has 29 heavy (non-hydrogen) atoms. The first-order valence-electron chi connectivity index (χ1n) is 10.4. The second-order valence-electron chi connectivity index (χ2n) is 7.77. The van der Waals surface area contributed by atoms with Crippen molar-refractivity contribution >= 4 is 5.91 Å². The zero-order valence-corrected chi connectivity index (χ0v) is 18.8. The molecule has 1 aromatic rings. The molecule has 5 heteroatoms. The number of benzene rings is 1. The molecule has 0 aromatic heterocycles. The SMILES string of the molecule is CCCCCc1cc(O)c(CC=C(C)CCC=C(C)C)c(O)c1C(=O)N(C)OC. The molecule has 0 aliphatic carbocycles. The van der Waals surface area contributed by atoms with Gasteiger partial charge in [0, 0.05) is 12.6 Å². The summed E-state index contributed by atoms with van der Waals surface area (Å²) in [5, 5.41) is 22.5. The summed E-state index contributed by atoms with van der Waals surface area (Å²) >= 11 is 0. The molecule has 0 saturated carbocycles. The zero-order valence-electron chi connectivity index (χ0n) is 18.8. The molecule has 0 radical (unpaired) electrons. The van der Waals surface area contributed by atoms with Crippen LogP contribution in [-0.2, 0) is 17.7 Å². The van der Waals surface area contributed by atoms with E-state index in [1.54, 1.807) is 6.07 Å². The van der Waals surface area contributed by atoms with Crippen molar-refractivity contribution in [2.45, 2.75) is 72.6 Å².